The molecule has 0 radical (unpaired) electrons. The molecule has 2 aromatic rings. The number of anilines is 2. The first-order chi connectivity index (χ1) is 9.56. The van der Waals surface area contributed by atoms with Crippen molar-refractivity contribution >= 4 is 17.3 Å². The van der Waals surface area contributed by atoms with Gasteiger partial charge in [-0.3, -0.25) is 4.79 Å². The van der Waals surface area contributed by atoms with E-state index in [9.17, 15) is 13.6 Å². The monoisotopic (exact) mass is 278 g/mol. The third-order valence-corrected chi connectivity index (χ3v) is 2.52. The molecule has 2 aromatic carbocycles. The third-order valence-electron chi connectivity index (χ3n) is 2.52. The lowest BCUT2D eigenvalue weighted by molar-refractivity contribution is -0.0501. The Balaban J connectivity index is 2.18. The summed E-state index contributed by atoms with van der Waals surface area (Å²) in [6.07, 6.45) is 0. The molecule has 0 aliphatic heterocycles. The maximum atomic E-state index is 12.3. The topological polar surface area (TPSA) is 64.3 Å². The lowest BCUT2D eigenvalue weighted by atomic mass is 10.2. The number of carbonyl (C=O) groups excluding carboxylic acids is 1. The van der Waals surface area contributed by atoms with Gasteiger partial charge in [0, 0.05) is 11.4 Å². The van der Waals surface area contributed by atoms with Crippen molar-refractivity contribution in [2.24, 2.45) is 0 Å². The number of rotatable bonds is 4. The number of benzene rings is 2. The highest BCUT2D eigenvalue weighted by Gasteiger charge is 2.15. The fourth-order valence-corrected chi connectivity index (χ4v) is 1.62. The van der Waals surface area contributed by atoms with E-state index >= 15 is 0 Å². The first-order valence-electron chi connectivity index (χ1n) is 5.77. The van der Waals surface area contributed by atoms with Crippen molar-refractivity contribution in [3.8, 4) is 5.75 Å². The van der Waals surface area contributed by atoms with Gasteiger partial charge < -0.3 is 15.8 Å². The van der Waals surface area contributed by atoms with Gasteiger partial charge in [-0.2, -0.15) is 8.78 Å². The van der Waals surface area contributed by atoms with Crippen molar-refractivity contribution < 1.29 is 18.3 Å². The van der Waals surface area contributed by atoms with Crippen LogP contribution in [0.25, 0.3) is 0 Å². The van der Waals surface area contributed by atoms with Gasteiger partial charge in [0.2, 0.25) is 0 Å². The average Bonchev–Trinajstić information content (AvgIpc) is 2.41. The minimum absolute atomic E-state index is 0.0321. The Bertz CT molecular complexity index is 600. The van der Waals surface area contributed by atoms with Gasteiger partial charge in [0.25, 0.3) is 5.91 Å². The fraction of sp³-hybridized carbons (Fsp3) is 0.0714. The van der Waals surface area contributed by atoms with Gasteiger partial charge in [-0.05, 0) is 36.4 Å². The van der Waals surface area contributed by atoms with E-state index in [1.807, 2.05) is 0 Å². The smallest absolute Gasteiger partial charge is 0.387 e. The van der Waals surface area contributed by atoms with E-state index in [1.54, 1.807) is 30.3 Å². The largest absolute Gasteiger partial charge is 0.434 e. The molecule has 0 saturated heterocycles. The van der Waals surface area contributed by atoms with Crippen molar-refractivity contribution in [3.63, 3.8) is 0 Å². The molecule has 0 atom stereocenters. The fourth-order valence-electron chi connectivity index (χ4n) is 1.62. The zero-order valence-electron chi connectivity index (χ0n) is 10.3. The molecule has 0 aromatic heterocycles. The van der Waals surface area contributed by atoms with E-state index in [2.05, 4.69) is 10.1 Å². The molecular formula is C14H12F2N2O2. The van der Waals surface area contributed by atoms with Crippen LogP contribution in [-0.4, -0.2) is 12.5 Å². The molecule has 6 heteroatoms. The number of nitrogens with two attached hydrogens (primary N) is 1. The number of nitrogens with one attached hydrogen (secondary N) is 1. The molecule has 0 fully saturated rings. The number of nitrogen functional groups attached to an aromatic ring is 1. The molecule has 0 unspecified atom stereocenters. The number of amides is 1. The normalized spacial score (nSPS) is 10.3. The van der Waals surface area contributed by atoms with E-state index in [-0.39, 0.29) is 11.3 Å². The Morgan fingerprint density at radius 1 is 1.10 bits per heavy atom. The Hall–Kier alpha value is -2.63. The molecule has 0 saturated carbocycles. The SMILES string of the molecule is Nc1ccc(NC(=O)c2ccccc2OC(F)F)cc1. The Morgan fingerprint density at radius 3 is 2.40 bits per heavy atom. The molecule has 1 amide bonds. The van der Waals surface area contributed by atoms with E-state index < -0.39 is 12.5 Å². The second-order valence-electron chi connectivity index (χ2n) is 3.95. The molecule has 20 heavy (non-hydrogen) atoms. The second-order valence-corrected chi connectivity index (χ2v) is 3.95. The van der Waals surface area contributed by atoms with Crippen LogP contribution in [0.1, 0.15) is 10.4 Å². The molecule has 104 valence electrons. The number of hydrogen-bond acceptors (Lipinski definition) is 3. The number of para-hydroxylation sites is 1. The molecule has 3 N–H and O–H groups in total. The van der Waals surface area contributed by atoms with Crippen molar-refractivity contribution in [2.45, 2.75) is 6.61 Å². The van der Waals surface area contributed by atoms with E-state index in [1.165, 1.54) is 18.2 Å². The zero-order chi connectivity index (χ0) is 14.5. The van der Waals surface area contributed by atoms with Crippen LogP contribution in [0.4, 0.5) is 20.2 Å². The summed E-state index contributed by atoms with van der Waals surface area (Å²) in [6.45, 7) is -2.99. The maximum Gasteiger partial charge on any atom is 0.387 e. The Morgan fingerprint density at radius 2 is 1.75 bits per heavy atom. The first kappa shape index (κ1) is 13.8. The van der Waals surface area contributed by atoms with Crippen LogP contribution in [0.2, 0.25) is 0 Å². The lowest BCUT2D eigenvalue weighted by Crippen LogP contribution is -2.14. The van der Waals surface area contributed by atoms with Crippen molar-refractivity contribution in [2.75, 3.05) is 11.1 Å². The van der Waals surface area contributed by atoms with Gasteiger partial charge in [0.1, 0.15) is 5.75 Å². The quantitative estimate of drug-likeness (QED) is 0.844. The van der Waals surface area contributed by atoms with Crippen LogP contribution in [0.15, 0.2) is 48.5 Å². The summed E-state index contributed by atoms with van der Waals surface area (Å²) in [5.41, 5.74) is 6.63. The molecule has 4 nitrogen and oxygen atoms in total. The standard InChI is InChI=1S/C14H12F2N2O2/c15-14(16)20-12-4-2-1-3-11(12)13(19)18-10-7-5-9(17)6-8-10/h1-8,14H,17H2,(H,18,19). The molecule has 0 spiro atoms. The van der Waals surface area contributed by atoms with Gasteiger partial charge in [-0.15, -0.1) is 0 Å². The van der Waals surface area contributed by atoms with E-state index in [0.717, 1.165) is 0 Å². The van der Waals surface area contributed by atoms with E-state index in [4.69, 9.17) is 5.73 Å². The van der Waals surface area contributed by atoms with Gasteiger partial charge >= 0.3 is 6.61 Å². The zero-order valence-corrected chi connectivity index (χ0v) is 10.3. The van der Waals surface area contributed by atoms with Crippen LogP contribution in [0, 0.1) is 0 Å². The minimum atomic E-state index is -2.99. The molecular weight excluding hydrogens is 266 g/mol. The van der Waals surface area contributed by atoms with Crippen LogP contribution >= 0.6 is 0 Å². The Labute approximate surface area is 114 Å². The number of carbonyl (C=O) groups is 1. The molecule has 0 aliphatic carbocycles. The van der Waals surface area contributed by atoms with Gasteiger partial charge in [-0.1, -0.05) is 12.1 Å². The van der Waals surface area contributed by atoms with Crippen molar-refractivity contribution in [3.05, 3.63) is 54.1 Å². The third kappa shape index (κ3) is 3.44. The van der Waals surface area contributed by atoms with Gasteiger partial charge in [0.05, 0.1) is 5.56 Å². The summed E-state index contributed by atoms with van der Waals surface area (Å²) in [5, 5.41) is 2.58. The predicted octanol–water partition coefficient (Wildman–Crippen LogP) is 3.12. The molecule has 2 rings (SSSR count). The first-order valence-corrected chi connectivity index (χ1v) is 5.77. The van der Waals surface area contributed by atoms with Crippen molar-refractivity contribution in [1.29, 1.82) is 0 Å². The summed E-state index contributed by atoms with van der Waals surface area (Å²) in [4.78, 5) is 12.0. The minimum Gasteiger partial charge on any atom is -0.434 e. The predicted molar refractivity (Wildman–Crippen MR) is 71.9 cm³/mol. The molecule has 0 heterocycles. The molecule has 0 aliphatic rings. The number of alkyl halides is 2. The van der Waals surface area contributed by atoms with Crippen LogP contribution < -0.4 is 15.8 Å². The highest BCUT2D eigenvalue weighted by Crippen LogP contribution is 2.21. The summed E-state index contributed by atoms with van der Waals surface area (Å²) in [6, 6.07) is 12.3. The van der Waals surface area contributed by atoms with Gasteiger partial charge in [-0.25, -0.2) is 0 Å². The van der Waals surface area contributed by atoms with Crippen LogP contribution in [0.5, 0.6) is 5.75 Å². The highest BCUT2D eigenvalue weighted by molar-refractivity contribution is 6.06. The second kappa shape index (κ2) is 6.01. The summed E-state index contributed by atoms with van der Waals surface area (Å²) in [7, 11) is 0. The summed E-state index contributed by atoms with van der Waals surface area (Å²) in [5.74, 6) is -0.707. The summed E-state index contributed by atoms with van der Waals surface area (Å²) < 4.78 is 28.8. The lowest BCUT2D eigenvalue weighted by Gasteiger charge is -2.10. The summed E-state index contributed by atoms with van der Waals surface area (Å²) >= 11 is 0. The highest BCUT2D eigenvalue weighted by atomic mass is 19.3. The number of ether oxygens (including phenoxy) is 1. The number of halogens is 2. The van der Waals surface area contributed by atoms with Crippen LogP contribution in [0.3, 0.4) is 0 Å². The Kier molecular flexibility index (Phi) is 4.14. The maximum absolute atomic E-state index is 12.3. The van der Waals surface area contributed by atoms with E-state index in [0.29, 0.717) is 11.4 Å². The van der Waals surface area contributed by atoms with Crippen LogP contribution in [-0.2, 0) is 0 Å². The molecule has 0 bridgehead atoms. The van der Waals surface area contributed by atoms with Gasteiger partial charge in [0.15, 0.2) is 0 Å². The van der Waals surface area contributed by atoms with Crippen molar-refractivity contribution in [1.82, 2.24) is 0 Å². The number of hydrogen-bond donors (Lipinski definition) is 2. The average molecular weight is 278 g/mol.